The highest BCUT2D eigenvalue weighted by molar-refractivity contribution is 7.92. The minimum absolute atomic E-state index is 0.102. The molecule has 1 unspecified atom stereocenters. The number of rotatable bonds is 10. The number of benzene rings is 3. The minimum Gasteiger partial charge on any atom is -0.493 e. The summed E-state index contributed by atoms with van der Waals surface area (Å²) < 4.78 is 39.8. The molecule has 0 saturated carbocycles. The normalized spacial score (nSPS) is 14.9. The molecule has 0 spiro atoms. The van der Waals surface area contributed by atoms with Crippen molar-refractivity contribution in [3.8, 4) is 11.5 Å². The fourth-order valence-electron chi connectivity index (χ4n) is 4.68. The molecule has 10 nitrogen and oxygen atoms in total. The summed E-state index contributed by atoms with van der Waals surface area (Å²) in [6.07, 6.45) is 0.889. The number of primary amides is 1. The van der Waals surface area contributed by atoms with Crippen molar-refractivity contribution in [1.29, 1.82) is 0 Å². The van der Waals surface area contributed by atoms with Crippen molar-refractivity contribution in [3.05, 3.63) is 81.8 Å². The zero-order valence-corrected chi connectivity index (χ0v) is 24.5. The summed E-state index contributed by atoms with van der Waals surface area (Å²) in [5.41, 5.74) is 5.40. The predicted octanol–water partition coefficient (Wildman–Crippen LogP) is 3.91. The van der Waals surface area contributed by atoms with Crippen LogP contribution in [-0.4, -0.2) is 64.3 Å². The molecular weight excluding hydrogens is 593 g/mol. The van der Waals surface area contributed by atoms with Gasteiger partial charge in [0.25, 0.3) is 10.0 Å². The van der Waals surface area contributed by atoms with Crippen LogP contribution in [0.2, 0.25) is 10.0 Å². The van der Waals surface area contributed by atoms with Crippen molar-refractivity contribution >= 4 is 56.5 Å². The van der Waals surface area contributed by atoms with E-state index in [9.17, 15) is 22.8 Å². The van der Waals surface area contributed by atoms with Gasteiger partial charge in [0.15, 0.2) is 17.3 Å². The van der Waals surface area contributed by atoms with Gasteiger partial charge < -0.3 is 20.1 Å². The maximum atomic E-state index is 14.2. The second-order valence-electron chi connectivity index (χ2n) is 9.15. The lowest BCUT2D eigenvalue weighted by Crippen LogP contribution is -2.49. The molecule has 41 heavy (non-hydrogen) atoms. The van der Waals surface area contributed by atoms with E-state index in [0.29, 0.717) is 12.8 Å². The third kappa shape index (κ3) is 6.12. The minimum atomic E-state index is -4.53. The van der Waals surface area contributed by atoms with Crippen LogP contribution in [0.3, 0.4) is 0 Å². The van der Waals surface area contributed by atoms with Crippen LogP contribution in [-0.2, 0) is 19.6 Å². The number of anilines is 1. The van der Waals surface area contributed by atoms with E-state index in [-0.39, 0.29) is 49.8 Å². The molecule has 0 bridgehead atoms. The summed E-state index contributed by atoms with van der Waals surface area (Å²) in [6.45, 7) is -0.506. The van der Waals surface area contributed by atoms with E-state index in [1.54, 1.807) is 12.1 Å². The number of sulfonamides is 1. The Labute approximate surface area is 247 Å². The molecule has 1 fully saturated rings. The first-order chi connectivity index (χ1) is 19.5. The van der Waals surface area contributed by atoms with Crippen LogP contribution in [0, 0.1) is 0 Å². The molecule has 4 rings (SSSR count). The molecule has 216 valence electrons. The van der Waals surface area contributed by atoms with Gasteiger partial charge in [0.1, 0.15) is 12.6 Å². The van der Waals surface area contributed by atoms with Crippen LogP contribution >= 0.6 is 23.2 Å². The van der Waals surface area contributed by atoms with Gasteiger partial charge in [-0.2, -0.15) is 0 Å². The van der Waals surface area contributed by atoms with Crippen molar-refractivity contribution in [1.82, 2.24) is 4.90 Å². The molecule has 2 amide bonds. The fraction of sp³-hybridized carbons (Fsp3) is 0.250. The van der Waals surface area contributed by atoms with Crippen molar-refractivity contribution in [2.45, 2.75) is 23.8 Å². The molecule has 2 N–H and O–H groups in total. The van der Waals surface area contributed by atoms with Gasteiger partial charge in [-0.1, -0.05) is 35.3 Å². The summed E-state index contributed by atoms with van der Waals surface area (Å²) >= 11 is 12.5. The summed E-state index contributed by atoms with van der Waals surface area (Å²) in [6, 6.07) is 13.4. The highest BCUT2D eigenvalue weighted by Gasteiger charge is 2.37. The van der Waals surface area contributed by atoms with Crippen LogP contribution in [0.25, 0.3) is 0 Å². The average Bonchev–Trinajstić information content (AvgIpc) is 3.46. The van der Waals surface area contributed by atoms with Crippen LogP contribution in [0.5, 0.6) is 11.5 Å². The number of methoxy groups -OCH3 is 2. The smallest absolute Gasteiger partial charge is 0.264 e. The molecule has 1 atom stereocenters. The van der Waals surface area contributed by atoms with Gasteiger partial charge in [-0.15, -0.1) is 0 Å². The van der Waals surface area contributed by atoms with E-state index in [2.05, 4.69) is 0 Å². The van der Waals surface area contributed by atoms with E-state index in [1.165, 1.54) is 67.7 Å². The van der Waals surface area contributed by atoms with Gasteiger partial charge in [-0.3, -0.25) is 18.7 Å². The van der Waals surface area contributed by atoms with Crippen molar-refractivity contribution in [3.63, 3.8) is 0 Å². The Morgan fingerprint density at radius 3 is 2.34 bits per heavy atom. The monoisotopic (exact) mass is 619 g/mol. The first kappa shape index (κ1) is 30.2. The van der Waals surface area contributed by atoms with Crippen LogP contribution in [0.1, 0.15) is 28.8 Å². The van der Waals surface area contributed by atoms with E-state index >= 15 is 0 Å². The number of ketones is 1. The summed E-state index contributed by atoms with van der Waals surface area (Å²) in [4.78, 5) is 40.3. The number of halogens is 2. The van der Waals surface area contributed by atoms with Crippen LogP contribution in [0.4, 0.5) is 5.69 Å². The van der Waals surface area contributed by atoms with Crippen molar-refractivity contribution < 1.29 is 32.3 Å². The molecule has 1 saturated heterocycles. The zero-order chi connectivity index (χ0) is 29.9. The third-order valence-electron chi connectivity index (χ3n) is 6.71. The lowest BCUT2D eigenvalue weighted by atomic mass is 10.0. The molecule has 3 aromatic rings. The maximum absolute atomic E-state index is 14.2. The standard InChI is InChI=1S/C28H27Cl2N3O7S/c1-39-24-12-10-18(15-25(24)40-2)41(37,38)33(16-26(34)32-13-5-8-23(32)28(31)36)22-11-9-17(29)14-20(22)27(35)19-6-3-4-7-21(19)30/h3-4,6-7,9-12,14-15,23H,5,8,13,16H2,1-2H3,(H2,31,36). The Kier molecular flexibility index (Phi) is 9.11. The van der Waals surface area contributed by atoms with Crippen LogP contribution < -0.4 is 19.5 Å². The number of carbonyl (C=O) groups excluding carboxylic acids is 3. The summed E-state index contributed by atoms with van der Waals surface area (Å²) in [5, 5.41) is 0.308. The van der Waals surface area contributed by atoms with Crippen molar-refractivity contribution in [2.24, 2.45) is 5.73 Å². The number of likely N-dealkylation sites (tertiary alicyclic amines) is 1. The second kappa shape index (κ2) is 12.4. The van der Waals surface area contributed by atoms with Crippen LogP contribution in [0.15, 0.2) is 65.6 Å². The van der Waals surface area contributed by atoms with E-state index in [4.69, 9.17) is 38.4 Å². The summed E-state index contributed by atoms with van der Waals surface area (Å²) in [5.74, 6) is -1.54. The first-order valence-corrected chi connectivity index (χ1v) is 14.6. The molecular formula is C28H27Cl2N3O7S. The lowest BCUT2D eigenvalue weighted by molar-refractivity contribution is -0.136. The first-order valence-electron chi connectivity index (χ1n) is 12.4. The number of carbonyl (C=O) groups is 3. The highest BCUT2D eigenvalue weighted by Crippen LogP contribution is 2.35. The largest absolute Gasteiger partial charge is 0.493 e. The van der Waals surface area contributed by atoms with Gasteiger partial charge in [-0.25, -0.2) is 8.42 Å². The number of nitrogens with two attached hydrogens (primary N) is 1. The number of hydrogen-bond donors (Lipinski definition) is 1. The van der Waals surface area contributed by atoms with Gasteiger partial charge >= 0.3 is 0 Å². The number of hydrogen-bond acceptors (Lipinski definition) is 7. The SMILES string of the molecule is COc1ccc(S(=O)(=O)N(CC(=O)N2CCCC2C(N)=O)c2ccc(Cl)cc2C(=O)c2ccccc2Cl)cc1OC. The number of amides is 2. The quantitative estimate of drug-likeness (QED) is 0.340. The Hall–Kier alpha value is -3.80. The molecule has 1 aliphatic heterocycles. The van der Waals surface area contributed by atoms with E-state index in [0.717, 1.165) is 4.31 Å². The number of ether oxygens (including phenoxy) is 2. The van der Waals surface area contributed by atoms with E-state index in [1.807, 2.05) is 0 Å². The number of nitrogens with zero attached hydrogens (tertiary/aromatic N) is 2. The highest BCUT2D eigenvalue weighted by atomic mass is 35.5. The van der Waals surface area contributed by atoms with Gasteiger partial charge in [0.05, 0.1) is 29.8 Å². The maximum Gasteiger partial charge on any atom is 0.264 e. The third-order valence-corrected chi connectivity index (χ3v) is 9.03. The fourth-order valence-corrected chi connectivity index (χ4v) is 6.52. The Balaban J connectivity index is 1.89. The predicted molar refractivity (Wildman–Crippen MR) is 154 cm³/mol. The van der Waals surface area contributed by atoms with Gasteiger partial charge in [0, 0.05) is 28.8 Å². The van der Waals surface area contributed by atoms with Gasteiger partial charge in [0.2, 0.25) is 11.8 Å². The Morgan fingerprint density at radius 2 is 1.68 bits per heavy atom. The lowest BCUT2D eigenvalue weighted by Gasteiger charge is -2.29. The molecule has 1 heterocycles. The molecule has 0 aliphatic carbocycles. The molecule has 0 aromatic heterocycles. The van der Waals surface area contributed by atoms with E-state index < -0.39 is 40.2 Å². The zero-order valence-electron chi connectivity index (χ0n) is 22.2. The second-order valence-corrected chi connectivity index (χ2v) is 11.9. The average molecular weight is 621 g/mol. The van der Waals surface area contributed by atoms with Crippen molar-refractivity contribution in [2.75, 3.05) is 31.6 Å². The summed E-state index contributed by atoms with van der Waals surface area (Å²) in [7, 11) is -1.77. The Morgan fingerprint density at radius 1 is 0.976 bits per heavy atom. The Bertz CT molecular complexity index is 1610. The molecule has 0 radical (unpaired) electrons. The molecule has 1 aliphatic rings. The van der Waals surface area contributed by atoms with Gasteiger partial charge in [-0.05, 0) is 55.3 Å². The molecule has 3 aromatic carbocycles. The molecule has 13 heteroatoms. The topological polar surface area (TPSA) is 136 Å².